The van der Waals surface area contributed by atoms with E-state index in [1.807, 2.05) is 25.5 Å². The maximum atomic E-state index is 9.90. The van der Waals surface area contributed by atoms with E-state index in [2.05, 4.69) is 10.4 Å². The predicted octanol–water partition coefficient (Wildman–Crippen LogP) is 1.63. The summed E-state index contributed by atoms with van der Waals surface area (Å²) >= 11 is 6.27. The average molecular weight is 260 g/mol. The Morgan fingerprint density at radius 3 is 2.65 bits per heavy atom. The normalized spacial score (nSPS) is 13.0. The summed E-state index contributed by atoms with van der Waals surface area (Å²) in [6, 6.07) is 0. The lowest BCUT2D eigenvalue weighted by Crippen LogP contribution is -2.29. The Hall–Kier alpha value is -0.580. The van der Waals surface area contributed by atoms with E-state index in [1.54, 1.807) is 0 Å². The van der Waals surface area contributed by atoms with Crippen LogP contribution >= 0.6 is 11.6 Å². The molecule has 0 bridgehead atoms. The van der Waals surface area contributed by atoms with Crippen LogP contribution in [0.3, 0.4) is 0 Å². The lowest BCUT2D eigenvalue weighted by molar-refractivity contribution is 0.170. The fourth-order valence-corrected chi connectivity index (χ4v) is 2.16. The largest absolute Gasteiger partial charge is 0.391 e. The Morgan fingerprint density at radius 1 is 1.41 bits per heavy atom. The molecule has 0 saturated heterocycles. The molecule has 0 radical (unpaired) electrons. The number of aliphatic hydroxyl groups excluding tert-OH is 1. The summed E-state index contributed by atoms with van der Waals surface area (Å²) in [6.07, 6.45) is 0.952. The molecule has 5 heteroatoms. The van der Waals surface area contributed by atoms with Crippen LogP contribution in [0, 0.1) is 0 Å². The van der Waals surface area contributed by atoms with Gasteiger partial charge >= 0.3 is 0 Å². The standard InChI is InChI=1S/C12H22ClN3O/c1-4-10-12(13)11(16(6-3)15-10)7-9(17)8-14-5-2/h9,14,17H,4-8H2,1-3H3. The zero-order chi connectivity index (χ0) is 12.8. The zero-order valence-corrected chi connectivity index (χ0v) is 11.6. The topological polar surface area (TPSA) is 50.1 Å². The van der Waals surface area contributed by atoms with Gasteiger partial charge in [0.2, 0.25) is 0 Å². The van der Waals surface area contributed by atoms with Crippen molar-refractivity contribution in [1.29, 1.82) is 0 Å². The summed E-state index contributed by atoms with van der Waals surface area (Å²) in [5.41, 5.74) is 1.86. The molecule has 1 unspecified atom stereocenters. The van der Waals surface area contributed by atoms with Crippen molar-refractivity contribution in [2.45, 2.75) is 46.3 Å². The van der Waals surface area contributed by atoms with E-state index in [0.29, 0.717) is 18.0 Å². The van der Waals surface area contributed by atoms with Gasteiger partial charge in [0.1, 0.15) is 0 Å². The number of likely N-dealkylation sites (N-methyl/N-ethyl adjacent to an activating group) is 1. The lowest BCUT2D eigenvalue weighted by atomic mass is 10.1. The molecule has 0 aliphatic rings. The first-order valence-electron chi connectivity index (χ1n) is 6.26. The Morgan fingerprint density at radius 2 is 2.12 bits per heavy atom. The molecule has 0 spiro atoms. The first-order valence-corrected chi connectivity index (χ1v) is 6.64. The second kappa shape index (κ2) is 6.99. The van der Waals surface area contributed by atoms with E-state index in [1.165, 1.54) is 0 Å². The molecule has 0 saturated carbocycles. The van der Waals surface area contributed by atoms with Gasteiger partial charge in [-0.25, -0.2) is 0 Å². The Labute approximate surface area is 108 Å². The molecule has 0 amide bonds. The minimum absolute atomic E-state index is 0.417. The molecule has 1 heterocycles. The molecule has 4 nitrogen and oxygen atoms in total. The minimum atomic E-state index is -0.417. The fraction of sp³-hybridized carbons (Fsp3) is 0.750. The van der Waals surface area contributed by atoms with Crippen molar-refractivity contribution in [1.82, 2.24) is 15.1 Å². The zero-order valence-electron chi connectivity index (χ0n) is 10.8. The quantitative estimate of drug-likeness (QED) is 0.783. The van der Waals surface area contributed by atoms with Gasteiger partial charge in [-0.3, -0.25) is 4.68 Å². The van der Waals surface area contributed by atoms with Gasteiger partial charge in [-0.2, -0.15) is 5.10 Å². The number of hydrogen-bond donors (Lipinski definition) is 2. The number of nitrogens with zero attached hydrogens (tertiary/aromatic N) is 2. The number of hydrogen-bond acceptors (Lipinski definition) is 3. The van der Waals surface area contributed by atoms with Gasteiger partial charge in [-0.15, -0.1) is 0 Å². The third-order valence-corrected chi connectivity index (χ3v) is 3.19. The number of aryl methyl sites for hydroxylation is 2. The molecule has 98 valence electrons. The van der Waals surface area contributed by atoms with Crippen LogP contribution in [0.2, 0.25) is 5.02 Å². The molecule has 1 aromatic heterocycles. The van der Waals surface area contributed by atoms with Gasteiger partial charge in [0.15, 0.2) is 0 Å². The third kappa shape index (κ3) is 3.69. The molecule has 1 aromatic rings. The van der Waals surface area contributed by atoms with Crippen molar-refractivity contribution in [3.8, 4) is 0 Å². The summed E-state index contributed by atoms with van der Waals surface area (Å²) in [4.78, 5) is 0. The number of aromatic nitrogens is 2. The van der Waals surface area contributed by atoms with Crippen molar-refractivity contribution in [3.63, 3.8) is 0 Å². The molecule has 17 heavy (non-hydrogen) atoms. The van der Waals surface area contributed by atoms with Crippen LogP contribution in [0.1, 0.15) is 32.2 Å². The molecule has 0 aromatic carbocycles. The summed E-state index contributed by atoms with van der Waals surface area (Å²) < 4.78 is 1.89. The van der Waals surface area contributed by atoms with Crippen molar-refractivity contribution in [2.75, 3.05) is 13.1 Å². The molecular formula is C12H22ClN3O. The third-order valence-electron chi connectivity index (χ3n) is 2.75. The SMILES string of the molecule is CCNCC(O)Cc1c(Cl)c(CC)nn1CC. The summed E-state index contributed by atoms with van der Waals surface area (Å²) in [7, 11) is 0. The smallest absolute Gasteiger partial charge is 0.0850 e. The van der Waals surface area contributed by atoms with Crippen LogP contribution in [0.25, 0.3) is 0 Å². The number of nitrogens with one attached hydrogen (secondary N) is 1. The molecule has 0 fully saturated rings. The highest BCUT2D eigenvalue weighted by atomic mass is 35.5. The highest BCUT2D eigenvalue weighted by molar-refractivity contribution is 6.31. The second-order valence-electron chi connectivity index (χ2n) is 4.04. The van der Waals surface area contributed by atoms with Gasteiger partial charge in [-0.1, -0.05) is 25.4 Å². The maximum absolute atomic E-state index is 9.90. The van der Waals surface area contributed by atoms with Crippen molar-refractivity contribution in [2.24, 2.45) is 0 Å². The molecule has 2 N–H and O–H groups in total. The highest BCUT2D eigenvalue weighted by Gasteiger charge is 2.17. The Kier molecular flexibility index (Phi) is 5.95. The number of halogens is 1. The second-order valence-corrected chi connectivity index (χ2v) is 4.42. The molecule has 0 aliphatic carbocycles. The monoisotopic (exact) mass is 259 g/mol. The van der Waals surface area contributed by atoms with Crippen LogP contribution in [-0.4, -0.2) is 34.1 Å². The number of rotatable bonds is 7. The molecule has 1 rings (SSSR count). The maximum Gasteiger partial charge on any atom is 0.0850 e. The van der Waals surface area contributed by atoms with E-state index in [9.17, 15) is 5.11 Å². The highest BCUT2D eigenvalue weighted by Crippen LogP contribution is 2.22. The van der Waals surface area contributed by atoms with E-state index in [-0.39, 0.29) is 0 Å². The molecular weight excluding hydrogens is 238 g/mol. The average Bonchev–Trinajstić information content (AvgIpc) is 2.63. The minimum Gasteiger partial charge on any atom is -0.391 e. The molecule has 0 aliphatic heterocycles. The first kappa shape index (κ1) is 14.5. The van der Waals surface area contributed by atoms with E-state index in [0.717, 1.165) is 30.9 Å². The van der Waals surface area contributed by atoms with E-state index >= 15 is 0 Å². The van der Waals surface area contributed by atoms with Crippen LogP contribution < -0.4 is 5.32 Å². The van der Waals surface area contributed by atoms with Gasteiger partial charge in [0.05, 0.1) is 22.5 Å². The Bertz CT molecular complexity index is 352. The van der Waals surface area contributed by atoms with Gasteiger partial charge < -0.3 is 10.4 Å². The van der Waals surface area contributed by atoms with E-state index < -0.39 is 6.10 Å². The van der Waals surface area contributed by atoms with Gasteiger partial charge in [0, 0.05) is 19.5 Å². The molecule has 1 atom stereocenters. The van der Waals surface area contributed by atoms with Crippen molar-refractivity contribution < 1.29 is 5.11 Å². The predicted molar refractivity (Wildman–Crippen MR) is 70.5 cm³/mol. The van der Waals surface area contributed by atoms with Gasteiger partial charge in [-0.05, 0) is 19.9 Å². The van der Waals surface area contributed by atoms with Gasteiger partial charge in [0.25, 0.3) is 0 Å². The summed E-state index contributed by atoms with van der Waals surface area (Å²) in [5.74, 6) is 0. The van der Waals surface area contributed by atoms with Crippen LogP contribution in [0.5, 0.6) is 0 Å². The van der Waals surface area contributed by atoms with Crippen LogP contribution in [-0.2, 0) is 19.4 Å². The van der Waals surface area contributed by atoms with E-state index in [4.69, 9.17) is 11.6 Å². The van der Waals surface area contributed by atoms with Crippen molar-refractivity contribution in [3.05, 3.63) is 16.4 Å². The van der Waals surface area contributed by atoms with Crippen LogP contribution in [0.15, 0.2) is 0 Å². The summed E-state index contributed by atoms with van der Waals surface area (Å²) in [5, 5.41) is 18.2. The summed E-state index contributed by atoms with van der Waals surface area (Å²) in [6.45, 7) is 8.31. The number of aliphatic hydroxyl groups is 1. The lowest BCUT2D eigenvalue weighted by Gasteiger charge is -2.12. The fourth-order valence-electron chi connectivity index (χ4n) is 1.82. The first-order chi connectivity index (χ1) is 8.13. The van der Waals surface area contributed by atoms with Crippen molar-refractivity contribution >= 4 is 11.6 Å². The van der Waals surface area contributed by atoms with Crippen LogP contribution in [0.4, 0.5) is 0 Å². The Balaban J connectivity index is 2.78.